The summed E-state index contributed by atoms with van der Waals surface area (Å²) in [6.07, 6.45) is 1.01. The molecular formula is C14H18N2O2. The molecule has 4 nitrogen and oxygen atoms in total. The number of hydrogen-bond donors (Lipinski definition) is 1. The van der Waals surface area contributed by atoms with E-state index in [-0.39, 0.29) is 0 Å². The summed E-state index contributed by atoms with van der Waals surface area (Å²) in [6, 6.07) is 9.80. The highest BCUT2D eigenvalue weighted by Gasteiger charge is 2.06. The molecular weight excluding hydrogens is 228 g/mol. The highest BCUT2D eigenvalue weighted by atomic mass is 16.5. The number of benzene rings is 1. The van der Waals surface area contributed by atoms with Gasteiger partial charge in [0, 0.05) is 18.2 Å². The van der Waals surface area contributed by atoms with Gasteiger partial charge in [-0.15, -0.1) is 0 Å². The Balaban J connectivity index is 2.07. The molecule has 1 heterocycles. The van der Waals surface area contributed by atoms with Gasteiger partial charge in [-0.1, -0.05) is 12.1 Å². The fourth-order valence-electron chi connectivity index (χ4n) is 1.65. The summed E-state index contributed by atoms with van der Waals surface area (Å²) in [6.45, 7) is 3.54. The molecule has 4 heteroatoms. The van der Waals surface area contributed by atoms with Gasteiger partial charge in [0.2, 0.25) is 0 Å². The Morgan fingerprint density at radius 1 is 1.28 bits per heavy atom. The van der Waals surface area contributed by atoms with E-state index in [1.807, 2.05) is 37.4 Å². The Morgan fingerprint density at radius 3 is 2.72 bits per heavy atom. The van der Waals surface area contributed by atoms with Crippen molar-refractivity contribution in [3.05, 3.63) is 36.0 Å². The van der Waals surface area contributed by atoms with E-state index < -0.39 is 0 Å². The molecule has 0 spiro atoms. The molecule has 96 valence electrons. The lowest BCUT2D eigenvalue weighted by molar-refractivity contribution is 0.317. The summed E-state index contributed by atoms with van der Waals surface area (Å²) in [5, 5.41) is 7.02. The van der Waals surface area contributed by atoms with E-state index in [4.69, 9.17) is 9.26 Å². The Bertz CT molecular complexity index is 477. The predicted octanol–water partition coefficient (Wildman–Crippen LogP) is 2.85. The van der Waals surface area contributed by atoms with Crippen LogP contribution in [0.25, 0.3) is 11.3 Å². The summed E-state index contributed by atoms with van der Waals surface area (Å²) in [5.74, 6) is 1.66. The molecule has 0 radical (unpaired) electrons. The monoisotopic (exact) mass is 246 g/mol. The van der Waals surface area contributed by atoms with Gasteiger partial charge in [-0.3, -0.25) is 0 Å². The van der Waals surface area contributed by atoms with Crippen LogP contribution in [-0.4, -0.2) is 18.8 Å². The van der Waals surface area contributed by atoms with Crippen LogP contribution in [0.3, 0.4) is 0 Å². The van der Waals surface area contributed by atoms with Crippen molar-refractivity contribution in [2.24, 2.45) is 0 Å². The second-order valence-corrected chi connectivity index (χ2v) is 4.09. The van der Waals surface area contributed by atoms with Gasteiger partial charge in [-0.25, -0.2) is 0 Å². The van der Waals surface area contributed by atoms with Crippen molar-refractivity contribution in [1.29, 1.82) is 0 Å². The zero-order valence-electron chi connectivity index (χ0n) is 10.8. The molecule has 0 aliphatic rings. The van der Waals surface area contributed by atoms with Gasteiger partial charge in [0.05, 0.1) is 12.3 Å². The third kappa shape index (κ3) is 3.11. The Kier molecular flexibility index (Phi) is 4.36. The number of ether oxygens (including phenoxy) is 1. The zero-order valence-corrected chi connectivity index (χ0v) is 10.8. The summed E-state index contributed by atoms with van der Waals surface area (Å²) in [5.41, 5.74) is 1.91. The molecule has 0 saturated carbocycles. The van der Waals surface area contributed by atoms with Gasteiger partial charge in [0.15, 0.2) is 5.76 Å². The maximum absolute atomic E-state index is 5.53. The van der Waals surface area contributed by atoms with Gasteiger partial charge >= 0.3 is 0 Å². The van der Waals surface area contributed by atoms with Gasteiger partial charge < -0.3 is 14.6 Å². The average molecular weight is 246 g/mol. The third-order valence-corrected chi connectivity index (χ3v) is 2.53. The summed E-state index contributed by atoms with van der Waals surface area (Å²) in [4.78, 5) is 0. The van der Waals surface area contributed by atoms with E-state index in [0.717, 1.165) is 35.8 Å². The summed E-state index contributed by atoms with van der Waals surface area (Å²) < 4.78 is 10.8. The molecule has 0 aliphatic carbocycles. The largest absolute Gasteiger partial charge is 0.494 e. The highest BCUT2D eigenvalue weighted by molar-refractivity contribution is 5.58. The van der Waals surface area contributed by atoms with Crippen LogP contribution in [0.2, 0.25) is 0 Å². The van der Waals surface area contributed by atoms with Crippen LogP contribution in [0.1, 0.15) is 19.0 Å². The number of nitrogens with zero attached hydrogens (tertiary/aromatic N) is 1. The van der Waals surface area contributed by atoms with Crippen molar-refractivity contribution in [3.8, 4) is 17.1 Å². The normalized spacial score (nSPS) is 10.6. The van der Waals surface area contributed by atoms with Crippen molar-refractivity contribution in [2.75, 3.05) is 13.7 Å². The fourth-order valence-corrected chi connectivity index (χ4v) is 1.65. The van der Waals surface area contributed by atoms with E-state index in [1.54, 1.807) is 0 Å². The van der Waals surface area contributed by atoms with Crippen molar-refractivity contribution < 1.29 is 9.26 Å². The second kappa shape index (κ2) is 6.21. The Hall–Kier alpha value is -1.81. The molecule has 18 heavy (non-hydrogen) atoms. The minimum Gasteiger partial charge on any atom is -0.494 e. The molecule has 0 bridgehead atoms. The molecule has 0 aliphatic heterocycles. The van der Waals surface area contributed by atoms with Crippen LogP contribution in [0.4, 0.5) is 0 Å². The Morgan fingerprint density at radius 2 is 2.06 bits per heavy atom. The van der Waals surface area contributed by atoms with Gasteiger partial charge in [0.1, 0.15) is 5.75 Å². The van der Waals surface area contributed by atoms with E-state index in [2.05, 4.69) is 17.4 Å². The molecule has 0 amide bonds. The van der Waals surface area contributed by atoms with Gasteiger partial charge in [0.25, 0.3) is 0 Å². The molecule has 2 aromatic rings. The number of rotatable bonds is 6. The first-order valence-electron chi connectivity index (χ1n) is 6.17. The fraction of sp³-hybridized carbons (Fsp3) is 0.357. The van der Waals surface area contributed by atoms with E-state index in [0.29, 0.717) is 6.54 Å². The lowest BCUT2D eigenvalue weighted by Gasteiger charge is -2.04. The van der Waals surface area contributed by atoms with Crippen LogP contribution >= 0.6 is 0 Å². The molecule has 1 aromatic heterocycles. The topological polar surface area (TPSA) is 47.3 Å². The maximum atomic E-state index is 5.53. The molecule has 1 N–H and O–H groups in total. The first kappa shape index (κ1) is 12.6. The summed E-state index contributed by atoms with van der Waals surface area (Å²) >= 11 is 0. The smallest absolute Gasteiger partial charge is 0.167 e. The first-order chi connectivity index (χ1) is 8.83. The standard InChI is InChI=1S/C14H18N2O2/c1-3-8-17-13-6-4-11(5-7-13)14-9-12(10-15-2)16-18-14/h4-7,9,15H,3,8,10H2,1-2H3. The summed E-state index contributed by atoms with van der Waals surface area (Å²) in [7, 11) is 1.88. The quantitative estimate of drug-likeness (QED) is 0.851. The van der Waals surface area contributed by atoms with Crippen molar-refractivity contribution in [1.82, 2.24) is 10.5 Å². The minimum absolute atomic E-state index is 0.710. The van der Waals surface area contributed by atoms with E-state index in [9.17, 15) is 0 Å². The van der Waals surface area contributed by atoms with E-state index >= 15 is 0 Å². The molecule has 1 aromatic carbocycles. The van der Waals surface area contributed by atoms with Crippen LogP contribution < -0.4 is 10.1 Å². The first-order valence-corrected chi connectivity index (χ1v) is 6.17. The van der Waals surface area contributed by atoms with Crippen LogP contribution in [0.5, 0.6) is 5.75 Å². The Labute approximate surface area is 107 Å². The number of nitrogens with one attached hydrogen (secondary N) is 1. The van der Waals surface area contributed by atoms with E-state index in [1.165, 1.54) is 0 Å². The minimum atomic E-state index is 0.710. The molecule has 0 saturated heterocycles. The van der Waals surface area contributed by atoms with Gasteiger partial charge in [-0.2, -0.15) is 0 Å². The highest BCUT2D eigenvalue weighted by Crippen LogP contribution is 2.23. The molecule has 0 unspecified atom stereocenters. The zero-order chi connectivity index (χ0) is 12.8. The lowest BCUT2D eigenvalue weighted by Crippen LogP contribution is -2.04. The lowest BCUT2D eigenvalue weighted by atomic mass is 10.1. The van der Waals surface area contributed by atoms with Crippen LogP contribution in [0, 0.1) is 0 Å². The maximum Gasteiger partial charge on any atom is 0.167 e. The third-order valence-electron chi connectivity index (χ3n) is 2.53. The second-order valence-electron chi connectivity index (χ2n) is 4.09. The van der Waals surface area contributed by atoms with Crippen molar-refractivity contribution in [3.63, 3.8) is 0 Å². The number of aromatic nitrogens is 1. The van der Waals surface area contributed by atoms with Crippen molar-refractivity contribution in [2.45, 2.75) is 19.9 Å². The predicted molar refractivity (Wildman–Crippen MR) is 70.5 cm³/mol. The van der Waals surface area contributed by atoms with Crippen LogP contribution in [0.15, 0.2) is 34.9 Å². The molecule has 0 atom stereocenters. The molecule has 2 rings (SSSR count). The molecule has 0 fully saturated rings. The van der Waals surface area contributed by atoms with Gasteiger partial charge in [-0.05, 0) is 37.7 Å². The SMILES string of the molecule is CCCOc1ccc(-c2cc(CNC)no2)cc1. The van der Waals surface area contributed by atoms with Crippen LogP contribution in [-0.2, 0) is 6.54 Å². The number of hydrogen-bond acceptors (Lipinski definition) is 4. The average Bonchev–Trinajstić information content (AvgIpc) is 2.86. The van der Waals surface area contributed by atoms with Crippen molar-refractivity contribution >= 4 is 0 Å².